The number of anilines is 1. The fourth-order valence-electron chi connectivity index (χ4n) is 2.85. The lowest BCUT2D eigenvalue weighted by atomic mass is 9.81. The Morgan fingerprint density at radius 1 is 1.33 bits per heavy atom. The van der Waals surface area contributed by atoms with Gasteiger partial charge in [-0.25, -0.2) is 14.4 Å². The number of ketones is 1. The second-order valence-electron chi connectivity index (χ2n) is 5.18. The van der Waals surface area contributed by atoms with Crippen LogP contribution in [0.5, 0.6) is 0 Å². The van der Waals surface area contributed by atoms with Crippen molar-refractivity contribution in [3.05, 3.63) is 51.0 Å². The molecule has 1 heterocycles. The van der Waals surface area contributed by atoms with E-state index in [-0.39, 0.29) is 23.5 Å². The van der Waals surface area contributed by atoms with Gasteiger partial charge in [-0.3, -0.25) is 4.79 Å². The molecule has 2 N–H and O–H groups in total. The molecule has 0 aliphatic heterocycles. The molecule has 0 spiro atoms. The normalized spacial score (nSPS) is 17.7. The molecule has 0 bridgehead atoms. The fraction of sp³-hybridized carbons (Fsp3) is 0.267. The van der Waals surface area contributed by atoms with Crippen molar-refractivity contribution in [2.24, 2.45) is 0 Å². The summed E-state index contributed by atoms with van der Waals surface area (Å²) < 4.78 is 13.9. The quantitative estimate of drug-likeness (QED) is 0.858. The Balaban J connectivity index is 2.04. The molecule has 1 aliphatic rings. The van der Waals surface area contributed by atoms with Crippen LogP contribution in [0.25, 0.3) is 0 Å². The van der Waals surface area contributed by atoms with Gasteiger partial charge in [-0.05, 0) is 37.0 Å². The van der Waals surface area contributed by atoms with E-state index >= 15 is 0 Å². The number of aromatic nitrogens is 2. The van der Waals surface area contributed by atoms with Gasteiger partial charge in [-0.1, -0.05) is 22.0 Å². The second-order valence-corrected chi connectivity index (χ2v) is 6.04. The summed E-state index contributed by atoms with van der Waals surface area (Å²) in [6.45, 7) is 1.77. The van der Waals surface area contributed by atoms with Crippen molar-refractivity contribution >= 4 is 27.7 Å². The average Bonchev–Trinajstić information content (AvgIpc) is 2.36. The van der Waals surface area contributed by atoms with Gasteiger partial charge >= 0.3 is 0 Å². The van der Waals surface area contributed by atoms with E-state index in [2.05, 4.69) is 25.9 Å². The minimum atomic E-state index is -0.310. The van der Waals surface area contributed by atoms with Gasteiger partial charge in [0.25, 0.3) is 0 Å². The topological polar surface area (TPSA) is 68.9 Å². The minimum absolute atomic E-state index is 0.00924. The van der Waals surface area contributed by atoms with Crippen molar-refractivity contribution in [1.29, 1.82) is 0 Å². The van der Waals surface area contributed by atoms with E-state index in [1.165, 1.54) is 12.1 Å². The number of aryl methyl sites for hydroxylation is 1. The molecule has 0 radical (unpaired) electrons. The van der Waals surface area contributed by atoms with Gasteiger partial charge in [0, 0.05) is 10.9 Å². The van der Waals surface area contributed by atoms with Crippen LogP contribution in [0, 0.1) is 12.7 Å². The summed E-state index contributed by atoms with van der Waals surface area (Å²) in [6, 6.07) is 4.52. The first-order valence-electron chi connectivity index (χ1n) is 6.57. The van der Waals surface area contributed by atoms with Crippen molar-refractivity contribution in [3.8, 4) is 0 Å². The van der Waals surface area contributed by atoms with E-state index < -0.39 is 0 Å². The van der Waals surface area contributed by atoms with E-state index in [4.69, 9.17) is 5.73 Å². The number of hydrogen-bond donors (Lipinski definition) is 1. The number of hydrogen-bond acceptors (Lipinski definition) is 4. The third-order valence-corrected chi connectivity index (χ3v) is 4.42. The molecule has 1 atom stereocenters. The van der Waals surface area contributed by atoms with E-state index in [9.17, 15) is 9.18 Å². The number of carbonyl (C=O) groups is 1. The maximum absolute atomic E-state index is 13.2. The molecule has 0 fully saturated rings. The number of benzene rings is 1. The molecule has 0 saturated heterocycles. The van der Waals surface area contributed by atoms with Crippen LogP contribution in [0.3, 0.4) is 0 Å². The zero-order chi connectivity index (χ0) is 15.1. The first-order valence-corrected chi connectivity index (χ1v) is 7.36. The number of nitrogens with two attached hydrogens (primary N) is 1. The summed E-state index contributed by atoms with van der Waals surface area (Å²) in [7, 11) is 0. The number of nitrogens with zero attached hydrogens (tertiary/aromatic N) is 2. The lowest BCUT2D eigenvalue weighted by molar-refractivity contribution is 0.0962. The molecule has 4 nitrogen and oxygen atoms in total. The number of fused-ring (bicyclic) bond motifs is 1. The second kappa shape index (κ2) is 5.18. The highest BCUT2D eigenvalue weighted by molar-refractivity contribution is 9.10. The maximum atomic E-state index is 13.2. The Labute approximate surface area is 129 Å². The Bertz CT molecular complexity index is 748. The maximum Gasteiger partial charge on any atom is 0.220 e. The number of carbonyl (C=O) groups excluding carboxylic acids is 1. The van der Waals surface area contributed by atoms with Crippen molar-refractivity contribution < 1.29 is 9.18 Å². The van der Waals surface area contributed by atoms with Crippen LogP contribution >= 0.6 is 15.9 Å². The Hall–Kier alpha value is -1.82. The van der Waals surface area contributed by atoms with Crippen molar-refractivity contribution in [2.75, 3.05) is 5.73 Å². The Morgan fingerprint density at radius 2 is 2.10 bits per heavy atom. The molecule has 1 aliphatic carbocycles. The van der Waals surface area contributed by atoms with E-state index in [0.29, 0.717) is 34.3 Å². The molecule has 2 aromatic rings. The van der Waals surface area contributed by atoms with Gasteiger partial charge in [0.05, 0.1) is 17.0 Å². The third-order valence-electron chi connectivity index (χ3n) is 3.73. The summed E-state index contributed by atoms with van der Waals surface area (Å²) in [5, 5.41) is 0. The van der Waals surface area contributed by atoms with Crippen LogP contribution in [0.15, 0.2) is 22.7 Å². The molecule has 108 valence electrons. The highest BCUT2D eigenvalue weighted by atomic mass is 79.9. The Kier molecular flexibility index (Phi) is 3.49. The summed E-state index contributed by atoms with van der Waals surface area (Å²) in [5.41, 5.74) is 8.46. The SMILES string of the molecule is Cc1nc(N)nc2c1C(=O)C[C@@H](c1ccc(F)cc1Br)C2. The predicted octanol–water partition coefficient (Wildman–Crippen LogP) is 3.18. The number of nitrogen functional groups attached to an aromatic ring is 1. The van der Waals surface area contributed by atoms with E-state index in [1.807, 2.05) is 0 Å². The van der Waals surface area contributed by atoms with Gasteiger partial charge in [-0.15, -0.1) is 0 Å². The number of Topliss-reactive ketones (excluding diaryl/α,β-unsaturated/α-hetero) is 1. The summed E-state index contributed by atoms with van der Waals surface area (Å²) in [5.74, 6) is -0.155. The zero-order valence-electron chi connectivity index (χ0n) is 11.4. The predicted molar refractivity (Wildman–Crippen MR) is 80.7 cm³/mol. The van der Waals surface area contributed by atoms with Crippen molar-refractivity contribution in [1.82, 2.24) is 9.97 Å². The van der Waals surface area contributed by atoms with Crippen LogP contribution in [0.4, 0.5) is 10.3 Å². The molecular weight excluding hydrogens is 337 g/mol. The molecule has 3 rings (SSSR count). The first kappa shape index (κ1) is 14.1. The van der Waals surface area contributed by atoms with Crippen molar-refractivity contribution in [2.45, 2.75) is 25.7 Å². The minimum Gasteiger partial charge on any atom is -0.368 e. The highest BCUT2D eigenvalue weighted by Gasteiger charge is 2.30. The molecule has 1 aromatic heterocycles. The monoisotopic (exact) mass is 349 g/mol. The molecule has 1 aromatic carbocycles. The van der Waals surface area contributed by atoms with Crippen LogP contribution in [-0.4, -0.2) is 15.8 Å². The van der Waals surface area contributed by atoms with Crippen LogP contribution in [0.1, 0.15) is 39.6 Å². The third kappa shape index (κ3) is 2.55. The number of halogens is 2. The van der Waals surface area contributed by atoms with Gasteiger partial charge in [0.15, 0.2) is 5.78 Å². The molecule has 0 amide bonds. The van der Waals surface area contributed by atoms with Gasteiger partial charge < -0.3 is 5.73 Å². The van der Waals surface area contributed by atoms with Crippen LogP contribution in [0.2, 0.25) is 0 Å². The molecule has 21 heavy (non-hydrogen) atoms. The molecule has 0 unspecified atom stereocenters. The van der Waals surface area contributed by atoms with E-state index in [0.717, 1.165) is 5.56 Å². The van der Waals surface area contributed by atoms with Crippen LogP contribution < -0.4 is 5.73 Å². The average molecular weight is 350 g/mol. The van der Waals surface area contributed by atoms with Gasteiger partial charge in [0.1, 0.15) is 5.82 Å². The lowest BCUT2D eigenvalue weighted by Gasteiger charge is -2.25. The summed E-state index contributed by atoms with van der Waals surface area (Å²) in [4.78, 5) is 20.6. The molecule has 0 saturated carbocycles. The lowest BCUT2D eigenvalue weighted by Crippen LogP contribution is -2.23. The summed E-state index contributed by atoms with van der Waals surface area (Å²) in [6.07, 6.45) is 0.963. The highest BCUT2D eigenvalue weighted by Crippen LogP contribution is 2.36. The smallest absolute Gasteiger partial charge is 0.220 e. The summed E-state index contributed by atoms with van der Waals surface area (Å²) >= 11 is 3.36. The van der Waals surface area contributed by atoms with Gasteiger partial charge in [-0.2, -0.15) is 0 Å². The fourth-order valence-corrected chi connectivity index (χ4v) is 3.52. The van der Waals surface area contributed by atoms with Crippen LogP contribution in [-0.2, 0) is 6.42 Å². The standard InChI is InChI=1S/C15H13BrFN3O/c1-7-14-12(20-15(18)19-7)4-8(5-13(14)21)10-3-2-9(17)6-11(10)16/h2-3,6,8H,4-5H2,1H3,(H2,18,19,20)/t8-/m0/s1. The van der Waals surface area contributed by atoms with E-state index in [1.54, 1.807) is 13.0 Å². The van der Waals surface area contributed by atoms with Gasteiger partial charge in [0.2, 0.25) is 5.95 Å². The van der Waals surface area contributed by atoms with Crippen molar-refractivity contribution in [3.63, 3.8) is 0 Å². The Morgan fingerprint density at radius 3 is 2.81 bits per heavy atom. The largest absolute Gasteiger partial charge is 0.368 e. The molecular formula is C15H13BrFN3O. The zero-order valence-corrected chi connectivity index (χ0v) is 12.9. The molecule has 6 heteroatoms. The number of rotatable bonds is 1. The first-order chi connectivity index (χ1) is 9.95.